The molecule has 0 fully saturated rings. The Hall–Kier alpha value is -1.98. The summed E-state index contributed by atoms with van der Waals surface area (Å²) in [5.74, 6) is 1.69. The van der Waals surface area contributed by atoms with E-state index < -0.39 is 0 Å². The van der Waals surface area contributed by atoms with Crippen molar-refractivity contribution in [3.8, 4) is 0 Å². The largest absolute Gasteiger partial charge is 0.395 e. The van der Waals surface area contributed by atoms with E-state index in [1.54, 1.807) is 11.3 Å². The summed E-state index contributed by atoms with van der Waals surface area (Å²) < 4.78 is 0. The van der Waals surface area contributed by atoms with Crippen molar-refractivity contribution < 1.29 is 5.11 Å². The van der Waals surface area contributed by atoms with Crippen LogP contribution < -0.4 is 4.90 Å². The lowest BCUT2D eigenvalue weighted by atomic mass is 10.1. The zero-order chi connectivity index (χ0) is 16.4. The van der Waals surface area contributed by atoms with Gasteiger partial charge in [-0.15, -0.1) is 11.3 Å². The van der Waals surface area contributed by atoms with Crippen molar-refractivity contribution in [2.24, 2.45) is 0 Å². The van der Waals surface area contributed by atoms with Crippen molar-refractivity contribution in [2.75, 3.05) is 18.1 Å². The van der Waals surface area contributed by atoms with Gasteiger partial charge in [0.15, 0.2) is 0 Å². The summed E-state index contributed by atoms with van der Waals surface area (Å²) in [6.07, 6.45) is 0. The van der Waals surface area contributed by atoms with Gasteiger partial charge in [0.1, 0.15) is 16.5 Å². The van der Waals surface area contributed by atoms with E-state index in [0.717, 1.165) is 28.4 Å². The van der Waals surface area contributed by atoms with Crippen LogP contribution in [0.3, 0.4) is 0 Å². The van der Waals surface area contributed by atoms with Crippen molar-refractivity contribution in [3.63, 3.8) is 0 Å². The van der Waals surface area contributed by atoms with Gasteiger partial charge in [0.05, 0.1) is 12.0 Å². The lowest BCUT2D eigenvalue weighted by Crippen LogP contribution is -2.27. The second-order valence-corrected chi connectivity index (χ2v) is 6.89. The molecule has 0 saturated carbocycles. The normalized spacial score (nSPS) is 11.1. The molecular weight excluding hydrogens is 306 g/mol. The molecular formula is C18H21N3OS. The highest BCUT2D eigenvalue weighted by Crippen LogP contribution is 2.35. The SMILES string of the molecule is Cc1nc(N(CCO)Cc2ccccc2)c2c(C)c(C)sc2n1. The van der Waals surface area contributed by atoms with Crippen molar-refractivity contribution in [3.05, 3.63) is 52.2 Å². The van der Waals surface area contributed by atoms with Gasteiger partial charge in [0.2, 0.25) is 0 Å². The first-order chi connectivity index (χ1) is 11.1. The number of hydrogen-bond donors (Lipinski definition) is 1. The molecule has 0 amide bonds. The van der Waals surface area contributed by atoms with E-state index in [4.69, 9.17) is 4.98 Å². The highest BCUT2D eigenvalue weighted by Gasteiger charge is 2.18. The molecule has 0 bridgehead atoms. The Morgan fingerprint density at radius 2 is 1.83 bits per heavy atom. The summed E-state index contributed by atoms with van der Waals surface area (Å²) in [6.45, 7) is 7.53. The minimum atomic E-state index is 0.0968. The van der Waals surface area contributed by atoms with Crippen molar-refractivity contribution >= 4 is 27.4 Å². The zero-order valence-electron chi connectivity index (χ0n) is 13.7. The van der Waals surface area contributed by atoms with Gasteiger partial charge in [-0.1, -0.05) is 30.3 Å². The lowest BCUT2D eigenvalue weighted by molar-refractivity contribution is 0.301. The Kier molecular flexibility index (Phi) is 4.59. The summed E-state index contributed by atoms with van der Waals surface area (Å²) in [7, 11) is 0. The van der Waals surface area contributed by atoms with E-state index in [-0.39, 0.29) is 6.61 Å². The van der Waals surface area contributed by atoms with Gasteiger partial charge < -0.3 is 10.0 Å². The second kappa shape index (κ2) is 6.64. The fourth-order valence-electron chi connectivity index (χ4n) is 2.75. The molecule has 2 aromatic heterocycles. The van der Waals surface area contributed by atoms with Gasteiger partial charge in [0.25, 0.3) is 0 Å². The molecule has 3 rings (SSSR count). The molecule has 0 aliphatic carbocycles. The smallest absolute Gasteiger partial charge is 0.141 e. The third-order valence-electron chi connectivity index (χ3n) is 4.01. The maximum atomic E-state index is 9.51. The standard InChI is InChI=1S/C18H21N3OS/c1-12-13(2)23-18-16(12)17(19-14(3)20-18)21(9-10-22)11-15-7-5-4-6-8-15/h4-8,22H,9-11H2,1-3H3. The molecule has 0 radical (unpaired) electrons. The molecule has 0 atom stereocenters. The fraction of sp³-hybridized carbons (Fsp3) is 0.333. The Labute approximate surface area is 140 Å². The number of anilines is 1. The molecule has 3 aromatic rings. The van der Waals surface area contributed by atoms with Gasteiger partial charge in [-0.3, -0.25) is 0 Å². The van der Waals surface area contributed by atoms with Crippen LogP contribution in [0.15, 0.2) is 30.3 Å². The number of benzene rings is 1. The number of aliphatic hydroxyl groups is 1. The summed E-state index contributed by atoms with van der Waals surface area (Å²) in [5, 5.41) is 10.6. The summed E-state index contributed by atoms with van der Waals surface area (Å²) in [5.41, 5.74) is 2.44. The predicted molar refractivity (Wildman–Crippen MR) is 96.2 cm³/mol. The molecule has 0 saturated heterocycles. The van der Waals surface area contributed by atoms with Crippen LogP contribution in [0.2, 0.25) is 0 Å². The number of aliphatic hydroxyl groups excluding tert-OH is 1. The van der Waals surface area contributed by atoms with E-state index >= 15 is 0 Å². The summed E-state index contributed by atoms with van der Waals surface area (Å²) in [6, 6.07) is 10.3. The molecule has 5 heteroatoms. The number of fused-ring (bicyclic) bond motifs is 1. The zero-order valence-corrected chi connectivity index (χ0v) is 14.5. The van der Waals surface area contributed by atoms with Gasteiger partial charge in [-0.05, 0) is 31.9 Å². The quantitative estimate of drug-likeness (QED) is 0.777. The van der Waals surface area contributed by atoms with Crippen LogP contribution in [0.1, 0.15) is 21.8 Å². The highest BCUT2D eigenvalue weighted by atomic mass is 32.1. The molecule has 1 aromatic carbocycles. The van der Waals surface area contributed by atoms with Crippen LogP contribution >= 0.6 is 11.3 Å². The number of nitrogens with zero attached hydrogens (tertiary/aromatic N) is 3. The van der Waals surface area contributed by atoms with Gasteiger partial charge in [-0.25, -0.2) is 9.97 Å². The number of hydrogen-bond acceptors (Lipinski definition) is 5. The molecule has 4 nitrogen and oxygen atoms in total. The first kappa shape index (κ1) is 15.9. The van der Waals surface area contributed by atoms with Crippen LogP contribution in [0.4, 0.5) is 5.82 Å². The van der Waals surface area contributed by atoms with E-state index in [9.17, 15) is 5.11 Å². The molecule has 0 spiro atoms. The molecule has 23 heavy (non-hydrogen) atoms. The van der Waals surface area contributed by atoms with E-state index in [1.807, 2.05) is 25.1 Å². The first-order valence-electron chi connectivity index (χ1n) is 7.74. The number of rotatable bonds is 5. The maximum Gasteiger partial charge on any atom is 0.141 e. The molecule has 120 valence electrons. The molecule has 1 N–H and O–H groups in total. The van der Waals surface area contributed by atoms with Crippen LogP contribution in [-0.4, -0.2) is 28.2 Å². The van der Waals surface area contributed by atoms with Crippen LogP contribution in [0.5, 0.6) is 0 Å². The average Bonchev–Trinajstić information content (AvgIpc) is 2.81. The minimum Gasteiger partial charge on any atom is -0.395 e. The van der Waals surface area contributed by atoms with Crippen LogP contribution in [-0.2, 0) is 6.54 Å². The van der Waals surface area contributed by atoms with E-state index in [0.29, 0.717) is 6.54 Å². The maximum absolute atomic E-state index is 9.51. The topological polar surface area (TPSA) is 49.2 Å². The summed E-state index contributed by atoms with van der Waals surface area (Å²) >= 11 is 1.71. The molecule has 0 aliphatic heterocycles. The highest BCUT2D eigenvalue weighted by molar-refractivity contribution is 7.18. The number of aryl methyl sites for hydroxylation is 3. The first-order valence-corrected chi connectivity index (χ1v) is 8.56. The second-order valence-electron chi connectivity index (χ2n) is 5.69. The van der Waals surface area contributed by atoms with E-state index in [1.165, 1.54) is 16.0 Å². The van der Waals surface area contributed by atoms with Gasteiger partial charge in [0, 0.05) is 18.0 Å². The third-order valence-corrected chi connectivity index (χ3v) is 5.11. The van der Waals surface area contributed by atoms with Gasteiger partial charge in [-0.2, -0.15) is 0 Å². The predicted octanol–water partition coefficient (Wildman–Crippen LogP) is 3.62. The van der Waals surface area contributed by atoms with E-state index in [2.05, 4.69) is 35.9 Å². The molecule has 0 unspecified atom stereocenters. The minimum absolute atomic E-state index is 0.0968. The Morgan fingerprint density at radius 3 is 2.52 bits per heavy atom. The average molecular weight is 327 g/mol. The van der Waals surface area contributed by atoms with Crippen LogP contribution in [0, 0.1) is 20.8 Å². The molecule has 0 aliphatic rings. The van der Waals surface area contributed by atoms with Gasteiger partial charge >= 0.3 is 0 Å². The van der Waals surface area contributed by atoms with Crippen molar-refractivity contribution in [2.45, 2.75) is 27.3 Å². The fourth-order valence-corrected chi connectivity index (χ4v) is 3.81. The van der Waals surface area contributed by atoms with Crippen molar-refractivity contribution in [1.29, 1.82) is 0 Å². The van der Waals surface area contributed by atoms with Crippen molar-refractivity contribution in [1.82, 2.24) is 9.97 Å². The van der Waals surface area contributed by atoms with Crippen LogP contribution in [0.25, 0.3) is 10.2 Å². The Bertz CT molecular complexity index is 814. The molecule has 2 heterocycles. The Balaban J connectivity index is 2.10. The summed E-state index contributed by atoms with van der Waals surface area (Å²) in [4.78, 5) is 13.7. The monoisotopic (exact) mass is 327 g/mol. The Morgan fingerprint density at radius 1 is 1.09 bits per heavy atom. The number of aromatic nitrogens is 2. The third kappa shape index (κ3) is 3.21. The lowest BCUT2D eigenvalue weighted by Gasteiger charge is -2.24. The number of thiophene rings is 1.